The van der Waals surface area contributed by atoms with E-state index in [2.05, 4.69) is 22.1 Å². The molecule has 7 heteroatoms. The summed E-state index contributed by atoms with van der Waals surface area (Å²) < 4.78 is 5.32. The van der Waals surface area contributed by atoms with E-state index in [0.717, 1.165) is 24.1 Å². The number of nitrogens with two attached hydrogens (primary N) is 1. The van der Waals surface area contributed by atoms with Gasteiger partial charge in [0.1, 0.15) is 10.7 Å². The fourth-order valence-electron chi connectivity index (χ4n) is 2.54. The van der Waals surface area contributed by atoms with E-state index in [0.29, 0.717) is 36.4 Å². The molecule has 1 aliphatic carbocycles. The van der Waals surface area contributed by atoms with Crippen molar-refractivity contribution >= 4 is 28.2 Å². The lowest BCUT2D eigenvalue weighted by Crippen LogP contribution is -2.36. The number of rotatable bonds is 5. The number of nitrogens with one attached hydrogen (secondary N) is 1. The maximum absolute atomic E-state index is 12.2. The average molecular weight is 310 g/mol. The molecule has 1 saturated heterocycles. The minimum atomic E-state index is -0.1000. The van der Waals surface area contributed by atoms with E-state index in [1.165, 1.54) is 24.2 Å². The molecule has 1 aliphatic heterocycles. The second-order valence-electron chi connectivity index (χ2n) is 5.83. The Kier molecular flexibility index (Phi) is 4.30. The van der Waals surface area contributed by atoms with Gasteiger partial charge in [-0.3, -0.25) is 4.79 Å². The number of carbonyl (C=O) groups excluding carboxylic acids is 1. The van der Waals surface area contributed by atoms with Crippen LogP contribution in [0, 0.1) is 11.8 Å². The van der Waals surface area contributed by atoms with Crippen LogP contribution in [-0.2, 0) is 4.74 Å². The molecule has 1 amide bonds. The molecule has 0 bridgehead atoms. The van der Waals surface area contributed by atoms with Gasteiger partial charge in [-0.15, -0.1) is 0 Å². The molecule has 116 valence electrons. The van der Waals surface area contributed by atoms with Crippen molar-refractivity contribution in [1.29, 1.82) is 0 Å². The standard InChI is InChI=1S/C14H22N4O2S/c1-9(10-2-3-10)8-16-13(19)11-12(15)17-14(21-11)18-4-6-20-7-5-18/h9-10H,2-8,15H2,1H3,(H,16,19). The van der Waals surface area contributed by atoms with Gasteiger partial charge in [-0.05, 0) is 24.7 Å². The van der Waals surface area contributed by atoms with E-state index >= 15 is 0 Å². The van der Waals surface area contributed by atoms with Crippen LogP contribution in [0.4, 0.5) is 10.9 Å². The van der Waals surface area contributed by atoms with Crippen LogP contribution in [0.25, 0.3) is 0 Å². The van der Waals surface area contributed by atoms with Gasteiger partial charge >= 0.3 is 0 Å². The van der Waals surface area contributed by atoms with E-state index < -0.39 is 0 Å². The monoisotopic (exact) mass is 310 g/mol. The van der Waals surface area contributed by atoms with Crippen LogP contribution in [0.1, 0.15) is 29.4 Å². The number of anilines is 2. The van der Waals surface area contributed by atoms with E-state index in [1.54, 1.807) is 0 Å². The normalized spacial score (nSPS) is 20.3. The smallest absolute Gasteiger partial charge is 0.265 e. The second kappa shape index (κ2) is 6.19. The Labute approximate surface area is 128 Å². The molecule has 3 N–H and O–H groups in total. The molecule has 2 aliphatic rings. The Balaban J connectivity index is 1.61. The molecule has 6 nitrogen and oxygen atoms in total. The molecular formula is C14H22N4O2S. The highest BCUT2D eigenvalue weighted by molar-refractivity contribution is 7.18. The molecule has 0 aromatic carbocycles. The zero-order chi connectivity index (χ0) is 14.8. The second-order valence-corrected chi connectivity index (χ2v) is 6.81. The highest BCUT2D eigenvalue weighted by Gasteiger charge is 2.28. The third-order valence-electron chi connectivity index (χ3n) is 4.14. The van der Waals surface area contributed by atoms with Gasteiger partial charge in [0.2, 0.25) is 0 Å². The van der Waals surface area contributed by atoms with Crippen LogP contribution >= 0.6 is 11.3 Å². The van der Waals surface area contributed by atoms with Gasteiger partial charge in [0.15, 0.2) is 5.13 Å². The van der Waals surface area contributed by atoms with Crippen molar-refractivity contribution in [2.45, 2.75) is 19.8 Å². The van der Waals surface area contributed by atoms with Gasteiger partial charge < -0.3 is 20.7 Å². The van der Waals surface area contributed by atoms with Gasteiger partial charge in [0.25, 0.3) is 5.91 Å². The Hall–Kier alpha value is -1.34. The maximum atomic E-state index is 12.2. The molecule has 21 heavy (non-hydrogen) atoms. The summed E-state index contributed by atoms with van der Waals surface area (Å²) in [6, 6.07) is 0. The Morgan fingerprint density at radius 3 is 2.90 bits per heavy atom. The van der Waals surface area contributed by atoms with Crippen molar-refractivity contribution in [2.24, 2.45) is 11.8 Å². The first-order chi connectivity index (χ1) is 10.1. The lowest BCUT2D eigenvalue weighted by molar-refractivity contribution is 0.0951. The quantitative estimate of drug-likeness (QED) is 0.858. The predicted molar refractivity (Wildman–Crippen MR) is 83.8 cm³/mol. The molecule has 1 saturated carbocycles. The van der Waals surface area contributed by atoms with Crippen LogP contribution in [0.5, 0.6) is 0 Å². The number of hydrogen-bond acceptors (Lipinski definition) is 6. The highest BCUT2D eigenvalue weighted by atomic mass is 32.1. The van der Waals surface area contributed by atoms with Crippen molar-refractivity contribution < 1.29 is 9.53 Å². The average Bonchev–Trinajstić information content (AvgIpc) is 3.28. The van der Waals surface area contributed by atoms with Crippen molar-refractivity contribution in [1.82, 2.24) is 10.3 Å². The summed E-state index contributed by atoms with van der Waals surface area (Å²) in [4.78, 5) is 19.2. The third kappa shape index (κ3) is 3.47. The van der Waals surface area contributed by atoms with E-state index in [4.69, 9.17) is 10.5 Å². The lowest BCUT2D eigenvalue weighted by atomic mass is 10.1. The topological polar surface area (TPSA) is 80.5 Å². The number of nitrogens with zero attached hydrogens (tertiary/aromatic N) is 2. The van der Waals surface area contributed by atoms with Crippen LogP contribution < -0.4 is 16.0 Å². The van der Waals surface area contributed by atoms with Crippen LogP contribution in [0.15, 0.2) is 0 Å². The van der Waals surface area contributed by atoms with E-state index in [9.17, 15) is 4.79 Å². The molecule has 1 aromatic rings. The van der Waals surface area contributed by atoms with E-state index in [-0.39, 0.29) is 5.91 Å². The van der Waals surface area contributed by atoms with Crippen LogP contribution in [0.2, 0.25) is 0 Å². The molecule has 1 aromatic heterocycles. The molecular weight excluding hydrogens is 288 g/mol. The number of hydrogen-bond donors (Lipinski definition) is 2. The summed E-state index contributed by atoms with van der Waals surface area (Å²) >= 11 is 1.37. The van der Waals surface area contributed by atoms with Crippen molar-refractivity contribution in [2.75, 3.05) is 43.5 Å². The van der Waals surface area contributed by atoms with Gasteiger partial charge in [0, 0.05) is 19.6 Å². The summed E-state index contributed by atoms with van der Waals surface area (Å²) in [5.74, 6) is 1.56. The number of amides is 1. The number of ether oxygens (including phenoxy) is 1. The first-order valence-corrected chi connectivity index (χ1v) is 8.34. The minimum Gasteiger partial charge on any atom is -0.382 e. The van der Waals surface area contributed by atoms with Crippen LogP contribution in [-0.4, -0.2) is 43.7 Å². The number of morpholine rings is 1. The number of thiazole rings is 1. The third-order valence-corrected chi connectivity index (χ3v) is 5.27. The maximum Gasteiger partial charge on any atom is 0.265 e. The van der Waals surface area contributed by atoms with Crippen LogP contribution in [0.3, 0.4) is 0 Å². The zero-order valence-electron chi connectivity index (χ0n) is 12.3. The first kappa shape index (κ1) is 14.6. The summed E-state index contributed by atoms with van der Waals surface area (Å²) in [5, 5.41) is 3.80. The minimum absolute atomic E-state index is 0.1000. The van der Waals surface area contributed by atoms with Crippen molar-refractivity contribution in [3.63, 3.8) is 0 Å². The first-order valence-electron chi connectivity index (χ1n) is 7.52. The van der Waals surface area contributed by atoms with Gasteiger partial charge in [-0.2, -0.15) is 0 Å². The molecule has 2 heterocycles. The summed E-state index contributed by atoms with van der Waals surface area (Å²) in [6.45, 7) is 5.89. The number of aromatic nitrogens is 1. The van der Waals surface area contributed by atoms with Gasteiger partial charge in [-0.25, -0.2) is 4.98 Å². The zero-order valence-corrected chi connectivity index (χ0v) is 13.1. The molecule has 3 rings (SSSR count). The Bertz CT molecular complexity index is 509. The molecule has 2 fully saturated rings. The fourth-order valence-corrected chi connectivity index (χ4v) is 3.49. The lowest BCUT2D eigenvalue weighted by Gasteiger charge is -2.25. The Morgan fingerprint density at radius 2 is 2.24 bits per heavy atom. The number of nitrogen functional groups attached to an aromatic ring is 1. The predicted octanol–water partition coefficient (Wildman–Crippen LogP) is 1.34. The Morgan fingerprint density at radius 1 is 1.52 bits per heavy atom. The van der Waals surface area contributed by atoms with Crippen molar-refractivity contribution in [3.8, 4) is 0 Å². The molecule has 0 radical (unpaired) electrons. The fraction of sp³-hybridized carbons (Fsp3) is 0.714. The summed E-state index contributed by atoms with van der Waals surface area (Å²) in [7, 11) is 0. The number of carbonyl (C=O) groups is 1. The van der Waals surface area contributed by atoms with Crippen molar-refractivity contribution in [3.05, 3.63) is 4.88 Å². The molecule has 0 spiro atoms. The molecule has 1 atom stereocenters. The summed E-state index contributed by atoms with van der Waals surface area (Å²) in [6.07, 6.45) is 2.59. The van der Waals surface area contributed by atoms with Gasteiger partial charge in [0.05, 0.1) is 13.2 Å². The summed E-state index contributed by atoms with van der Waals surface area (Å²) in [5.41, 5.74) is 5.91. The van der Waals surface area contributed by atoms with E-state index in [1.807, 2.05) is 0 Å². The highest BCUT2D eigenvalue weighted by Crippen LogP contribution is 2.36. The van der Waals surface area contributed by atoms with Gasteiger partial charge in [-0.1, -0.05) is 18.3 Å². The largest absolute Gasteiger partial charge is 0.382 e. The SMILES string of the molecule is CC(CNC(=O)c1sc(N2CCOCC2)nc1N)C1CC1. The molecule has 1 unspecified atom stereocenters.